The summed E-state index contributed by atoms with van der Waals surface area (Å²) in [4.78, 5) is 2.56. The molecule has 20 heavy (non-hydrogen) atoms. The van der Waals surface area contributed by atoms with E-state index in [-0.39, 0.29) is 11.4 Å². The lowest BCUT2D eigenvalue weighted by molar-refractivity contribution is 0.0825. The van der Waals surface area contributed by atoms with Crippen LogP contribution in [0.2, 0.25) is 0 Å². The van der Waals surface area contributed by atoms with E-state index in [1.165, 1.54) is 18.4 Å². The van der Waals surface area contributed by atoms with Gasteiger partial charge in [0.15, 0.2) is 0 Å². The van der Waals surface area contributed by atoms with E-state index in [0.717, 1.165) is 25.2 Å². The largest absolute Gasteiger partial charge is 0.309 e. The van der Waals surface area contributed by atoms with E-state index in [1.54, 1.807) is 12.1 Å². The zero-order valence-electron chi connectivity index (χ0n) is 13.2. The first-order valence-electron chi connectivity index (χ1n) is 7.65. The lowest BCUT2D eigenvalue weighted by Crippen LogP contribution is -2.61. The zero-order valence-corrected chi connectivity index (χ0v) is 13.2. The Morgan fingerprint density at radius 3 is 2.80 bits per heavy atom. The number of nitrogens with zero attached hydrogens (tertiary/aromatic N) is 1. The van der Waals surface area contributed by atoms with Crippen molar-refractivity contribution in [3.8, 4) is 0 Å². The highest BCUT2D eigenvalue weighted by Gasteiger charge is 2.31. The summed E-state index contributed by atoms with van der Waals surface area (Å²) in [6.45, 7) is 11.7. The van der Waals surface area contributed by atoms with Crippen molar-refractivity contribution in [2.45, 2.75) is 58.7 Å². The molecule has 0 aromatic heterocycles. The zero-order chi connectivity index (χ0) is 14.8. The Kier molecular flexibility index (Phi) is 4.82. The van der Waals surface area contributed by atoms with Gasteiger partial charge in [0, 0.05) is 31.2 Å². The van der Waals surface area contributed by atoms with Crippen molar-refractivity contribution in [1.29, 1.82) is 0 Å². The fourth-order valence-corrected chi connectivity index (χ4v) is 3.07. The quantitative estimate of drug-likeness (QED) is 0.907. The Bertz CT molecular complexity index is 456. The van der Waals surface area contributed by atoms with E-state index >= 15 is 0 Å². The van der Waals surface area contributed by atoms with Crippen LogP contribution in [0, 0.1) is 12.7 Å². The molecular formula is C17H27FN2. The highest BCUT2D eigenvalue weighted by molar-refractivity contribution is 5.26. The van der Waals surface area contributed by atoms with Gasteiger partial charge in [-0.05, 0) is 50.5 Å². The van der Waals surface area contributed by atoms with Crippen LogP contribution in [0.1, 0.15) is 44.7 Å². The van der Waals surface area contributed by atoms with Gasteiger partial charge in [-0.15, -0.1) is 0 Å². The van der Waals surface area contributed by atoms with Crippen LogP contribution in [0.15, 0.2) is 18.2 Å². The molecule has 1 saturated heterocycles. The van der Waals surface area contributed by atoms with Crippen molar-refractivity contribution < 1.29 is 4.39 Å². The standard InChI is InChI=1S/C17H27FN2/c1-5-6-16-10-19-17(3,4)12-20(16)11-14-7-8-15(18)9-13(14)2/h7-9,16,19H,5-6,10-12H2,1-4H3. The summed E-state index contributed by atoms with van der Waals surface area (Å²) in [5.41, 5.74) is 2.44. The summed E-state index contributed by atoms with van der Waals surface area (Å²) in [5.74, 6) is -0.142. The van der Waals surface area contributed by atoms with Gasteiger partial charge in [-0.25, -0.2) is 4.39 Å². The monoisotopic (exact) mass is 278 g/mol. The third-order valence-corrected chi connectivity index (χ3v) is 4.23. The van der Waals surface area contributed by atoms with E-state index in [1.807, 2.05) is 13.0 Å². The second-order valence-corrected chi connectivity index (χ2v) is 6.68. The Morgan fingerprint density at radius 1 is 1.40 bits per heavy atom. The van der Waals surface area contributed by atoms with Crippen molar-refractivity contribution >= 4 is 0 Å². The SMILES string of the molecule is CCCC1CNC(C)(C)CN1Cc1ccc(F)cc1C. The average molecular weight is 278 g/mol. The number of hydrogen-bond acceptors (Lipinski definition) is 2. The van der Waals surface area contributed by atoms with Crippen LogP contribution >= 0.6 is 0 Å². The molecule has 0 bridgehead atoms. The molecule has 0 saturated carbocycles. The predicted octanol–water partition coefficient (Wildman–Crippen LogP) is 3.49. The molecule has 1 aromatic rings. The van der Waals surface area contributed by atoms with Crippen molar-refractivity contribution in [1.82, 2.24) is 10.2 Å². The molecule has 1 N–H and O–H groups in total. The Morgan fingerprint density at radius 2 is 2.15 bits per heavy atom. The molecule has 3 heteroatoms. The maximum absolute atomic E-state index is 13.2. The van der Waals surface area contributed by atoms with Gasteiger partial charge in [0.1, 0.15) is 5.82 Å². The first-order valence-corrected chi connectivity index (χ1v) is 7.65. The molecule has 1 heterocycles. The maximum Gasteiger partial charge on any atom is 0.123 e. The molecule has 0 radical (unpaired) electrons. The van der Waals surface area contributed by atoms with Crippen LogP contribution in [0.25, 0.3) is 0 Å². The molecule has 112 valence electrons. The van der Waals surface area contributed by atoms with E-state index in [9.17, 15) is 4.39 Å². The number of halogens is 1. The van der Waals surface area contributed by atoms with Crippen LogP contribution < -0.4 is 5.32 Å². The van der Waals surface area contributed by atoms with E-state index in [0.29, 0.717) is 6.04 Å². The minimum atomic E-state index is -0.142. The molecular weight excluding hydrogens is 251 g/mol. The van der Waals surface area contributed by atoms with Crippen molar-refractivity contribution in [2.75, 3.05) is 13.1 Å². The number of hydrogen-bond donors (Lipinski definition) is 1. The molecule has 1 unspecified atom stereocenters. The Labute approximate surface area is 122 Å². The minimum Gasteiger partial charge on any atom is -0.309 e. The van der Waals surface area contributed by atoms with Gasteiger partial charge in [0.2, 0.25) is 0 Å². The second-order valence-electron chi connectivity index (χ2n) is 6.68. The fourth-order valence-electron chi connectivity index (χ4n) is 3.07. The highest BCUT2D eigenvalue weighted by atomic mass is 19.1. The smallest absolute Gasteiger partial charge is 0.123 e. The molecule has 0 spiro atoms. The summed E-state index contributed by atoms with van der Waals surface area (Å²) in [5, 5.41) is 3.63. The van der Waals surface area contributed by atoms with Gasteiger partial charge in [0.05, 0.1) is 0 Å². The van der Waals surface area contributed by atoms with Gasteiger partial charge >= 0.3 is 0 Å². The summed E-state index contributed by atoms with van der Waals surface area (Å²) >= 11 is 0. The molecule has 0 amide bonds. The normalized spacial score (nSPS) is 22.9. The summed E-state index contributed by atoms with van der Waals surface area (Å²) < 4.78 is 13.2. The lowest BCUT2D eigenvalue weighted by atomic mass is 9.95. The number of piperazine rings is 1. The van der Waals surface area contributed by atoms with Gasteiger partial charge in [-0.2, -0.15) is 0 Å². The lowest BCUT2D eigenvalue weighted by Gasteiger charge is -2.45. The fraction of sp³-hybridized carbons (Fsp3) is 0.647. The number of rotatable bonds is 4. The van der Waals surface area contributed by atoms with Crippen molar-refractivity contribution in [3.05, 3.63) is 35.1 Å². The number of benzene rings is 1. The maximum atomic E-state index is 13.2. The first kappa shape index (κ1) is 15.5. The van der Waals surface area contributed by atoms with Crippen molar-refractivity contribution in [2.24, 2.45) is 0 Å². The van der Waals surface area contributed by atoms with Gasteiger partial charge in [-0.3, -0.25) is 4.90 Å². The topological polar surface area (TPSA) is 15.3 Å². The molecule has 2 nitrogen and oxygen atoms in total. The van der Waals surface area contributed by atoms with Gasteiger partial charge < -0.3 is 5.32 Å². The number of aryl methyl sites for hydroxylation is 1. The Hall–Kier alpha value is -0.930. The van der Waals surface area contributed by atoms with Crippen LogP contribution in [-0.2, 0) is 6.54 Å². The minimum absolute atomic E-state index is 0.142. The molecule has 1 atom stereocenters. The summed E-state index contributed by atoms with van der Waals surface area (Å²) in [6, 6.07) is 5.72. The summed E-state index contributed by atoms with van der Waals surface area (Å²) in [6.07, 6.45) is 2.41. The molecule has 1 aliphatic rings. The molecule has 1 fully saturated rings. The van der Waals surface area contributed by atoms with Crippen LogP contribution in [-0.4, -0.2) is 29.6 Å². The highest BCUT2D eigenvalue weighted by Crippen LogP contribution is 2.22. The second kappa shape index (κ2) is 6.23. The van der Waals surface area contributed by atoms with Gasteiger partial charge in [0.25, 0.3) is 0 Å². The van der Waals surface area contributed by atoms with Crippen molar-refractivity contribution in [3.63, 3.8) is 0 Å². The molecule has 0 aliphatic carbocycles. The molecule has 1 aliphatic heterocycles. The van der Waals surface area contributed by atoms with Crippen LogP contribution in [0.4, 0.5) is 4.39 Å². The Balaban J connectivity index is 2.14. The predicted molar refractivity (Wildman–Crippen MR) is 82.3 cm³/mol. The van der Waals surface area contributed by atoms with Gasteiger partial charge in [-0.1, -0.05) is 19.4 Å². The van der Waals surface area contributed by atoms with E-state index in [4.69, 9.17) is 0 Å². The molecule has 2 rings (SSSR count). The van der Waals surface area contributed by atoms with E-state index in [2.05, 4.69) is 31.0 Å². The molecule has 1 aromatic carbocycles. The van der Waals surface area contributed by atoms with Crippen LogP contribution in [0.3, 0.4) is 0 Å². The van der Waals surface area contributed by atoms with Crippen LogP contribution in [0.5, 0.6) is 0 Å². The average Bonchev–Trinajstić information content (AvgIpc) is 2.36. The number of nitrogens with one attached hydrogen (secondary N) is 1. The third kappa shape index (κ3) is 3.80. The third-order valence-electron chi connectivity index (χ3n) is 4.23. The summed E-state index contributed by atoms with van der Waals surface area (Å²) in [7, 11) is 0. The first-order chi connectivity index (χ1) is 9.41. The van der Waals surface area contributed by atoms with E-state index < -0.39 is 0 Å².